The minimum absolute atomic E-state index is 0.0164. The molecule has 0 aliphatic rings. The highest BCUT2D eigenvalue weighted by atomic mass is 16.1. The lowest BCUT2D eigenvalue weighted by Gasteiger charge is -2.14. The van der Waals surface area contributed by atoms with Crippen LogP contribution < -0.4 is 11.1 Å². The number of benzene rings is 1. The number of rotatable bonds is 4. The Morgan fingerprint density at radius 1 is 1.32 bits per heavy atom. The van der Waals surface area contributed by atoms with Crippen molar-refractivity contribution in [2.24, 2.45) is 0 Å². The molecule has 98 valence electrons. The molecule has 1 aromatic heterocycles. The molecule has 1 unspecified atom stereocenters. The van der Waals surface area contributed by atoms with Crippen molar-refractivity contribution >= 4 is 11.6 Å². The van der Waals surface area contributed by atoms with Gasteiger partial charge in [-0.1, -0.05) is 18.2 Å². The highest BCUT2D eigenvalue weighted by molar-refractivity contribution is 5.78. The first-order valence-electron chi connectivity index (χ1n) is 6.19. The molecular weight excluding hydrogens is 238 g/mol. The van der Waals surface area contributed by atoms with E-state index in [4.69, 9.17) is 5.73 Å². The number of amides is 1. The molecule has 0 aliphatic carbocycles. The second kappa shape index (κ2) is 6.00. The first kappa shape index (κ1) is 13.1. The zero-order valence-corrected chi connectivity index (χ0v) is 10.8. The van der Waals surface area contributed by atoms with E-state index in [1.54, 1.807) is 12.4 Å². The van der Waals surface area contributed by atoms with Crippen LogP contribution in [0.25, 0.3) is 0 Å². The fourth-order valence-electron chi connectivity index (χ4n) is 1.85. The van der Waals surface area contributed by atoms with Crippen molar-refractivity contribution in [3.05, 3.63) is 59.9 Å². The quantitative estimate of drug-likeness (QED) is 0.822. The van der Waals surface area contributed by atoms with Gasteiger partial charge in [0.2, 0.25) is 5.91 Å². The predicted molar refractivity (Wildman–Crippen MR) is 75.4 cm³/mol. The number of carbonyl (C=O) groups is 1. The number of nitrogens with two attached hydrogens (primary N) is 1. The van der Waals surface area contributed by atoms with Crippen LogP contribution in [0.2, 0.25) is 0 Å². The summed E-state index contributed by atoms with van der Waals surface area (Å²) in [6.07, 6.45) is 3.74. The fourth-order valence-corrected chi connectivity index (χ4v) is 1.85. The van der Waals surface area contributed by atoms with Crippen molar-refractivity contribution in [2.75, 3.05) is 5.73 Å². The molecular formula is C15H17N3O. The van der Waals surface area contributed by atoms with E-state index in [0.29, 0.717) is 6.42 Å². The largest absolute Gasteiger partial charge is 0.399 e. The molecule has 2 aromatic rings. The third-order valence-corrected chi connectivity index (χ3v) is 2.90. The van der Waals surface area contributed by atoms with Crippen molar-refractivity contribution in [3.63, 3.8) is 0 Å². The van der Waals surface area contributed by atoms with Gasteiger partial charge in [0.25, 0.3) is 0 Å². The molecule has 0 bridgehead atoms. The monoisotopic (exact) mass is 255 g/mol. The Labute approximate surface area is 112 Å². The van der Waals surface area contributed by atoms with Crippen LogP contribution in [0.3, 0.4) is 0 Å². The average molecular weight is 255 g/mol. The van der Waals surface area contributed by atoms with Gasteiger partial charge in [0.05, 0.1) is 12.5 Å². The first-order chi connectivity index (χ1) is 9.15. The van der Waals surface area contributed by atoms with E-state index in [-0.39, 0.29) is 11.9 Å². The van der Waals surface area contributed by atoms with Crippen molar-refractivity contribution < 1.29 is 4.79 Å². The molecule has 0 saturated heterocycles. The number of hydrogen-bond donors (Lipinski definition) is 2. The van der Waals surface area contributed by atoms with Gasteiger partial charge in [-0.2, -0.15) is 0 Å². The van der Waals surface area contributed by atoms with Crippen LogP contribution in [0.1, 0.15) is 24.1 Å². The zero-order chi connectivity index (χ0) is 13.7. The molecule has 3 N–H and O–H groups in total. The van der Waals surface area contributed by atoms with E-state index < -0.39 is 0 Å². The summed E-state index contributed by atoms with van der Waals surface area (Å²) in [7, 11) is 0. The van der Waals surface area contributed by atoms with Gasteiger partial charge in [0, 0.05) is 18.1 Å². The molecule has 2 rings (SSSR count). The zero-order valence-electron chi connectivity index (χ0n) is 10.8. The van der Waals surface area contributed by atoms with Gasteiger partial charge in [-0.25, -0.2) is 0 Å². The minimum atomic E-state index is -0.0372. The number of nitrogen functional groups attached to an aromatic ring is 1. The molecule has 0 spiro atoms. The van der Waals surface area contributed by atoms with E-state index >= 15 is 0 Å². The lowest BCUT2D eigenvalue weighted by Crippen LogP contribution is -2.28. The normalized spacial score (nSPS) is 11.8. The predicted octanol–water partition coefficient (Wildman–Crippen LogP) is 2.08. The Morgan fingerprint density at radius 2 is 2.05 bits per heavy atom. The maximum Gasteiger partial charge on any atom is 0.224 e. The van der Waals surface area contributed by atoms with E-state index in [1.165, 1.54) is 0 Å². The van der Waals surface area contributed by atoms with Crippen molar-refractivity contribution in [2.45, 2.75) is 19.4 Å². The first-order valence-corrected chi connectivity index (χ1v) is 6.19. The number of hydrogen-bond acceptors (Lipinski definition) is 3. The van der Waals surface area contributed by atoms with Crippen LogP contribution in [-0.4, -0.2) is 10.9 Å². The molecule has 0 fully saturated rings. The average Bonchev–Trinajstić information content (AvgIpc) is 2.40. The van der Waals surface area contributed by atoms with Crippen molar-refractivity contribution in [1.29, 1.82) is 0 Å². The fraction of sp³-hybridized carbons (Fsp3) is 0.200. The molecule has 1 atom stereocenters. The number of nitrogens with zero attached hydrogens (tertiary/aromatic N) is 1. The van der Waals surface area contributed by atoms with Gasteiger partial charge in [-0.3, -0.25) is 9.78 Å². The van der Waals surface area contributed by atoms with Crippen molar-refractivity contribution in [1.82, 2.24) is 10.3 Å². The summed E-state index contributed by atoms with van der Waals surface area (Å²) in [5.41, 5.74) is 8.30. The summed E-state index contributed by atoms with van der Waals surface area (Å²) in [6, 6.07) is 11.2. The molecule has 1 heterocycles. The molecule has 1 amide bonds. The summed E-state index contributed by atoms with van der Waals surface area (Å²) < 4.78 is 0. The molecule has 1 aromatic carbocycles. The van der Waals surface area contributed by atoms with Crippen LogP contribution >= 0.6 is 0 Å². The van der Waals surface area contributed by atoms with Crippen LogP contribution in [0.5, 0.6) is 0 Å². The Bertz CT molecular complexity index is 537. The molecule has 19 heavy (non-hydrogen) atoms. The van der Waals surface area contributed by atoms with E-state index in [9.17, 15) is 4.79 Å². The third-order valence-electron chi connectivity index (χ3n) is 2.90. The Morgan fingerprint density at radius 3 is 2.68 bits per heavy atom. The van der Waals surface area contributed by atoms with Gasteiger partial charge >= 0.3 is 0 Å². The van der Waals surface area contributed by atoms with Crippen molar-refractivity contribution in [3.8, 4) is 0 Å². The van der Waals surface area contributed by atoms with Crippen LogP contribution in [-0.2, 0) is 11.2 Å². The second-order valence-corrected chi connectivity index (χ2v) is 4.49. The van der Waals surface area contributed by atoms with Crippen LogP contribution in [0, 0.1) is 0 Å². The molecule has 0 radical (unpaired) electrons. The highest BCUT2D eigenvalue weighted by Crippen LogP contribution is 2.14. The van der Waals surface area contributed by atoms with Crippen LogP contribution in [0.15, 0.2) is 48.8 Å². The molecule has 0 aliphatic heterocycles. The van der Waals surface area contributed by atoms with Gasteiger partial charge in [0.15, 0.2) is 0 Å². The SMILES string of the molecule is CC(NC(=O)Cc1cccnc1)c1ccc(N)cc1. The topological polar surface area (TPSA) is 68.0 Å². The second-order valence-electron chi connectivity index (χ2n) is 4.49. The molecule has 0 saturated carbocycles. The third kappa shape index (κ3) is 3.81. The maximum absolute atomic E-state index is 11.9. The minimum Gasteiger partial charge on any atom is -0.399 e. The van der Waals surface area contributed by atoms with E-state index in [2.05, 4.69) is 10.3 Å². The summed E-state index contributed by atoms with van der Waals surface area (Å²) in [5.74, 6) is -0.0164. The summed E-state index contributed by atoms with van der Waals surface area (Å²) >= 11 is 0. The lowest BCUT2D eigenvalue weighted by atomic mass is 10.1. The Hall–Kier alpha value is -2.36. The van der Waals surface area contributed by atoms with E-state index in [0.717, 1.165) is 16.8 Å². The Kier molecular flexibility index (Phi) is 4.13. The number of nitrogens with one attached hydrogen (secondary N) is 1. The standard InChI is InChI=1S/C15H17N3O/c1-11(13-4-6-14(16)7-5-13)18-15(19)9-12-3-2-8-17-10-12/h2-8,10-11H,9,16H2,1H3,(H,18,19). The van der Waals surface area contributed by atoms with E-state index in [1.807, 2.05) is 43.3 Å². The Balaban J connectivity index is 1.93. The lowest BCUT2D eigenvalue weighted by molar-refractivity contribution is -0.121. The van der Waals surface area contributed by atoms with Gasteiger partial charge in [-0.15, -0.1) is 0 Å². The highest BCUT2D eigenvalue weighted by Gasteiger charge is 2.09. The molecule has 4 nitrogen and oxygen atoms in total. The molecule has 4 heteroatoms. The van der Waals surface area contributed by atoms with Gasteiger partial charge < -0.3 is 11.1 Å². The number of aromatic nitrogens is 1. The smallest absolute Gasteiger partial charge is 0.224 e. The maximum atomic E-state index is 11.9. The van der Waals surface area contributed by atoms with Crippen LogP contribution in [0.4, 0.5) is 5.69 Å². The van der Waals surface area contributed by atoms with Gasteiger partial charge in [0.1, 0.15) is 0 Å². The number of carbonyl (C=O) groups excluding carboxylic acids is 1. The summed E-state index contributed by atoms with van der Waals surface area (Å²) in [6.45, 7) is 1.95. The number of anilines is 1. The summed E-state index contributed by atoms with van der Waals surface area (Å²) in [4.78, 5) is 15.9. The summed E-state index contributed by atoms with van der Waals surface area (Å²) in [5, 5.41) is 2.96. The van der Waals surface area contributed by atoms with Gasteiger partial charge in [-0.05, 0) is 36.2 Å². The number of pyridine rings is 1.